The van der Waals surface area contributed by atoms with Crippen LogP contribution in [0.1, 0.15) is 30.6 Å². The summed E-state index contributed by atoms with van der Waals surface area (Å²) in [6.07, 6.45) is 0.962. The van der Waals surface area contributed by atoms with E-state index >= 15 is 0 Å². The predicted molar refractivity (Wildman–Crippen MR) is 62.9 cm³/mol. The maximum atomic E-state index is 11.6. The predicted octanol–water partition coefficient (Wildman–Crippen LogP) is 3.25. The van der Waals surface area contributed by atoms with Crippen molar-refractivity contribution in [1.29, 1.82) is 0 Å². The van der Waals surface area contributed by atoms with E-state index in [9.17, 15) is 9.90 Å². The molecule has 0 saturated heterocycles. The number of rotatable bonds is 4. The first-order valence-electron chi connectivity index (χ1n) is 5.20. The Labute approximate surface area is 100.0 Å². The maximum absolute atomic E-state index is 11.6. The number of hydrogen-bond donors (Lipinski definition) is 1. The molecular weight excluding hydrogens is 228 g/mol. The molecule has 0 heterocycles. The monoisotopic (exact) mass is 242 g/mol. The molecule has 1 unspecified atom stereocenters. The molecule has 1 atom stereocenters. The highest BCUT2D eigenvalue weighted by Crippen LogP contribution is 2.24. The highest BCUT2D eigenvalue weighted by molar-refractivity contribution is 6.32. The Kier molecular flexibility index (Phi) is 4.62. The van der Waals surface area contributed by atoms with Crippen LogP contribution < -0.4 is 0 Å². The standard InChI is InChI=1S/C12H15ClO3/c1-3-8(2)7-16-12(15)9-4-5-11(14)10(13)6-9/h4-6,8,14H,3,7H2,1-2H3. The normalized spacial score (nSPS) is 12.2. The Bertz CT molecular complexity index is 377. The maximum Gasteiger partial charge on any atom is 0.338 e. The summed E-state index contributed by atoms with van der Waals surface area (Å²) in [6, 6.07) is 4.26. The molecule has 1 N–H and O–H groups in total. The van der Waals surface area contributed by atoms with Crippen LogP contribution in [0.4, 0.5) is 0 Å². The summed E-state index contributed by atoms with van der Waals surface area (Å²) < 4.78 is 5.10. The fraction of sp³-hybridized carbons (Fsp3) is 0.417. The van der Waals surface area contributed by atoms with E-state index < -0.39 is 5.97 Å². The van der Waals surface area contributed by atoms with E-state index in [0.29, 0.717) is 18.1 Å². The van der Waals surface area contributed by atoms with Gasteiger partial charge >= 0.3 is 5.97 Å². The number of carbonyl (C=O) groups excluding carboxylic acids is 1. The fourth-order valence-electron chi connectivity index (χ4n) is 1.05. The first-order valence-corrected chi connectivity index (χ1v) is 5.58. The average molecular weight is 243 g/mol. The van der Waals surface area contributed by atoms with Crippen molar-refractivity contribution >= 4 is 17.6 Å². The third kappa shape index (κ3) is 3.42. The molecule has 1 rings (SSSR count). The van der Waals surface area contributed by atoms with Gasteiger partial charge in [-0.2, -0.15) is 0 Å². The van der Waals surface area contributed by atoms with Gasteiger partial charge in [0.15, 0.2) is 0 Å². The van der Waals surface area contributed by atoms with Gasteiger partial charge in [-0.1, -0.05) is 31.9 Å². The van der Waals surface area contributed by atoms with Gasteiger partial charge in [0, 0.05) is 0 Å². The van der Waals surface area contributed by atoms with Crippen LogP contribution in [0.3, 0.4) is 0 Å². The van der Waals surface area contributed by atoms with Crippen molar-refractivity contribution in [2.45, 2.75) is 20.3 Å². The molecule has 0 aromatic heterocycles. The molecule has 16 heavy (non-hydrogen) atoms. The van der Waals surface area contributed by atoms with Crippen LogP contribution in [0.5, 0.6) is 5.75 Å². The molecule has 0 aliphatic heterocycles. The summed E-state index contributed by atoms with van der Waals surface area (Å²) in [6.45, 7) is 4.45. The molecule has 1 aromatic rings. The summed E-state index contributed by atoms with van der Waals surface area (Å²) >= 11 is 5.69. The largest absolute Gasteiger partial charge is 0.506 e. The number of carbonyl (C=O) groups is 1. The van der Waals surface area contributed by atoms with Crippen molar-refractivity contribution in [2.24, 2.45) is 5.92 Å². The molecule has 0 aliphatic rings. The molecular formula is C12H15ClO3. The number of ether oxygens (including phenoxy) is 1. The summed E-state index contributed by atoms with van der Waals surface area (Å²) in [5, 5.41) is 9.35. The SMILES string of the molecule is CCC(C)COC(=O)c1ccc(O)c(Cl)c1. The van der Waals surface area contributed by atoms with E-state index in [4.69, 9.17) is 16.3 Å². The van der Waals surface area contributed by atoms with E-state index in [1.807, 2.05) is 13.8 Å². The third-order valence-electron chi connectivity index (χ3n) is 2.38. The molecule has 0 spiro atoms. The minimum atomic E-state index is -0.415. The van der Waals surface area contributed by atoms with Crippen LogP contribution in [0, 0.1) is 5.92 Å². The van der Waals surface area contributed by atoms with Gasteiger partial charge in [0.1, 0.15) is 5.75 Å². The molecule has 0 radical (unpaired) electrons. The summed E-state index contributed by atoms with van der Waals surface area (Å²) in [5.74, 6) is -0.112. The first kappa shape index (κ1) is 12.8. The van der Waals surface area contributed by atoms with Crippen LogP contribution in [-0.4, -0.2) is 17.7 Å². The summed E-state index contributed by atoms with van der Waals surface area (Å²) in [7, 11) is 0. The van der Waals surface area contributed by atoms with Crippen molar-refractivity contribution < 1.29 is 14.6 Å². The van der Waals surface area contributed by atoms with Crippen molar-refractivity contribution in [3.63, 3.8) is 0 Å². The summed E-state index contributed by atoms with van der Waals surface area (Å²) in [5.41, 5.74) is 0.353. The Morgan fingerprint density at radius 3 is 2.81 bits per heavy atom. The third-order valence-corrected chi connectivity index (χ3v) is 2.68. The second-order valence-electron chi connectivity index (χ2n) is 3.78. The van der Waals surface area contributed by atoms with E-state index in [0.717, 1.165) is 6.42 Å². The van der Waals surface area contributed by atoms with Gasteiger partial charge in [-0.3, -0.25) is 0 Å². The number of hydrogen-bond acceptors (Lipinski definition) is 3. The van der Waals surface area contributed by atoms with Crippen LogP contribution in [-0.2, 0) is 4.74 Å². The Morgan fingerprint density at radius 2 is 2.25 bits per heavy atom. The van der Waals surface area contributed by atoms with Gasteiger partial charge in [-0.05, 0) is 24.1 Å². The highest BCUT2D eigenvalue weighted by Gasteiger charge is 2.10. The lowest BCUT2D eigenvalue weighted by atomic mass is 10.1. The van der Waals surface area contributed by atoms with Crippen molar-refractivity contribution in [3.05, 3.63) is 28.8 Å². The minimum Gasteiger partial charge on any atom is -0.506 e. The smallest absolute Gasteiger partial charge is 0.338 e. The molecule has 0 fully saturated rings. The number of phenols is 1. The lowest BCUT2D eigenvalue weighted by molar-refractivity contribution is 0.0447. The van der Waals surface area contributed by atoms with E-state index in [-0.39, 0.29) is 10.8 Å². The molecule has 0 saturated carbocycles. The zero-order chi connectivity index (χ0) is 12.1. The van der Waals surface area contributed by atoms with Crippen molar-refractivity contribution in [3.8, 4) is 5.75 Å². The number of benzene rings is 1. The Hall–Kier alpha value is -1.22. The molecule has 0 aliphatic carbocycles. The lowest BCUT2D eigenvalue weighted by Gasteiger charge is -2.09. The topological polar surface area (TPSA) is 46.5 Å². The van der Waals surface area contributed by atoms with Gasteiger partial charge in [0.2, 0.25) is 0 Å². The van der Waals surface area contributed by atoms with Gasteiger partial charge in [-0.25, -0.2) is 4.79 Å². The van der Waals surface area contributed by atoms with Gasteiger partial charge < -0.3 is 9.84 Å². The van der Waals surface area contributed by atoms with Crippen LogP contribution in [0.25, 0.3) is 0 Å². The zero-order valence-corrected chi connectivity index (χ0v) is 10.1. The average Bonchev–Trinajstić information content (AvgIpc) is 2.29. The Morgan fingerprint density at radius 1 is 1.56 bits per heavy atom. The molecule has 3 nitrogen and oxygen atoms in total. The second kappa shape index (κ2) is 5.75. The second-order valence-corrected chi connectivity index (χ2v) is 4.19. The van der Waals surface area contributed by atoms with E-state index in [2.05, 4.69) is 0 Å². The van der Waals surface area contributed by atoms with Crippen LogP contribution in [0.15, 0.2) is 18.2 Å². The zero-order valence-electron chi connectivity index (χ0n) is 9.37. The molecule has 4 heteroatoms. The number of esters is 1. The first-order chi connectivity index (χ1) is 7.54. The van der Waals surface area contributed by atoms with Gasteiger partial charge in [-0.15, -0.1) is 0 Å². The fourth-order valence-corrected chi connectivity index (χ4v) is 1.23. The molecule has 1 aromatic carbocycles. The van der Waals surface area contributed by atoms with Crippen molar-refractivity contribution in [2.75, 3.05) is 6.61 Å². The number of phenolic OH excluding ortho intramolecular Hbond substituents is 1. The van der Waals surface area contributed by atoms with Gasteiger partial charge in [0.25, 0.3) is 0 Å². The van der Waals surface area contributed by atoms with E-state index in [1.165, 1.54) is 18.2 Å². The number of aromatic hydroxyl groups is 1. The van der Waals surface area contributed by atoms with Crippen molar-refractivity contribution in [1.82, 2.24) is 0 Å². The quantitative estimate of drug-likeness (QED) is 0.825. The lowest BCUT2D eigenvalue weighted by Crippen LogP contribution is -2.11. The Balaban J connectivity index is 2.63. The van der Waals surface area contributed by atoms with Crippen LogP contribution >= 0.6 is 11.6 Å². The highest BCUT2D eigenvalue weighted by atomic mass is 35.5. The van der Waals surface area contributed by atoms with Gasteiger partial charge in [0.05, 0.1) is 17.2 Å². The van der Waals surface area contributed by atoms with E-state index in [1.54, 1.807) is 0 Å². The molecule has 0 bridgehead atoms. The number of halogens is 1. The van der Waals surface area contributed by atoms with Crippen LogP contribution in [0.2, 0.25) is 5.02 Å². The molecule has 0 amide bonds. The minimum absolute atomic E-state index is 0.0415. The summed E-state index contributed by atoms with van der Waals surface area (Å²) in [4.78, 5) is 11.6. The molecule has 88 valence electrons.